The summed E-state index contributed by atoms with van der Waals surface area (Å²) in [5.74, 6) is -0.913. The van der Waals surface area contributed by atoms with Crippen LogP contribution in [0.2, 0.25) is 0 Å². The second kappa shape index (κ2) is 6.64. The van der Waals surface area contributed by atoms with Gasteiger partial charge in [0.05, 0.1) is 0 Å². The van der Waals surface area contributed by atoms with Gasteiger partial charge in [0.15, 0.2) is 6.61 Å². The van der Waals surface area contributed by atoms with Crippen LogP contribution in [0.1, 0.15) is 32.6 Å². The van der Waals surface area contributed by atoms with Crippen molar-refractivity contribution in [3.8, 4) is 0 Å². The number of Topliss-reactive ketones (excluding diaryl/α,β-unsaturated/α-hetero) is 1. The molecule has 5 heteroatoms. The highest BCUT2D eigenvalue weighted by atomic mass is 16.6. The molecule has 22 heavy (non-hydrogen) atoms. The van der Waals surface area contributed by atoms with Gasteiger partial charge in [0.2, 0.25) is 11.5 Å². The van der Waals surface area contributed by atoms with Crippen LogP contribution in [-0.4, -0.2) is 31.6 Å². The van der Waals surface area contributed by atoms with E-state index in [1.165, 1.54) is 6.26 Å². The molecule has 0 atom stereocenters. The largest absolute Gasteiger partial charge is 0.493 e. The fourth-order valence-electron chi connectivity index (χ4n) is 2.46. The lowest BCUT2D eigenvalue weighted by atomic mass is 9.92. The Hall–Kier alpha value is -2.30. The van der Waals surface area contributed by atoms with E-state index < -0.39 is 5.97 Å². The molecule has 0 amide bonds. The number of hydrogen-bond donors (Lipinski definition) is 0. The van der Waals surface area contributed by atoms with Gasteiger partial charge < -0.3 is 14.2 Å². The van der Waals surface area contributed by atoms with Gasteiger partial charge in [-0.25, -0.2) is 4.79 Å². The summed E-state index contributed by atoms with van der Waals surface area (Å²) in [4.78, 5) is 24.1. The van der Waals surface area contributed by atoms with Gasteiger partial charge >= 0.3 is 5.97 Å². The van der Waals surface area contributed by atoms with E-state index in [-0.39, 0.29) is 18.1 Å². The summed E-state index contributed by atoms with van der Waals surface area (Å²) in [6, 6.07) is 1.97. The predicted octanol–water partition coefficient (Wildman–Crippen LogP) is 2.53. The molecule has 1 heterocycles. The maximum atomic E-state index is 12.4. The Morgan fingerprint density at radius 1 is 1.09 bits per heavy atom. The minimum Gasteiger partial charge on any atom is -0.493 e. The molecule has 0 saturated carbocycles. The summed E-state index contributed by atoms with van der Waals surface area (Å²) in [7, 11) is 0. The van der Waals surface area contributed by atoms with E-state index in [1.54, 1.807) is 0 Å². The quantitative estimate of drug-likeness (QED) is 0.632. The van der Waals surface area contributed by atoms with E-state index in [0.29, 0.717) is 18.8 Å². The van der Waals surface area contributed by atoms with E-state index in [0.717, 1.165) is 22.3 Å². The van der Waals surface area contributed by atoms with Gasteiger partial charge in [-0.05, 0) is 49.9 Å². The Morgan fingerprint density at radius 2 is 1.82 bits per heavy atom. The monoisotopic (exact) mass is 304 g/mol. The van der Waals surface area contributed by atoms with Crippen molar-refractivity contribution in [2.75, 3.05) is 19.8 Å². The van der Waals surface area contributed by atoms with Gasteiger partial charge in [-0.3, -0.25) is 4.79 Å². The standard InChI is InChI=1S/C17H20O5/c1-10-7-11(2)16(13(4)12(10)3)14(18)8-22-17(19)15-9-20-5-6-21-15/h7,9H,5-6,8H2,1-4H3. The van der Waals surface area contributed by atoms with Crippen LogP contribution in [0, 0.1) is 27.7 Å². The lowest BCUT2D eigenvalue weighted by molar-refractivity contribution is -0.143. The topological polar surface area (TPSA) is 61.8 Å². The van der Waals surface area contributed by atoms with Gasteiger partial charge in [0, 0.05) is 5.56 Å². The predicted molar refractivity (Wildman–Crippen MR) is 80.7 cm³/mol. The van der Waals surface area contributed by atoms with E-state index in [2.05, 4.69) is 0 Å². The first-order valence-corrected chi connectivity index (χ1v) is 7.14. The Bertz CT molecular complexity index is 643. The highest BCUT2D eigenvalue weighted by Crippen LogP contribution is 2.22. The average molecular weight is 304 g/mol. The number of hydrogen-bond acceptors (Lipinski definition) is 5. The maximum absolute atomic E-state index is 12.4. The second-order valence-corrected chi connectivity index (χ2v) is 5.34. The van der Waals surface area contributed by atoms with E-state index in [1.807, 2.05) is 33.8 Å². The average Bonchev–Trinajstić information content (AvgIpc) is 2.51. The van der Waals surface area contributed by atoms with Crippen LogP contribution in [0.5, 0.6) is 0 Å². The fraction of sp³-hybridized carbons (Fsp3) is 0.412. The van der Waals surface area contributed by atoms with Crippen LogP contribution < -0.4 is 0 Å². The zero-order chi connectivity index (χ0) is 16.3. The number of ketones is 1. The Morgan fingerprint density at radius 3 is 2.45 bits per heavy atom. The van der Waals surface area contributed by atoms with E-state index in [9.17, 15) is 9.59 Å². The first-order chi connectivity index (χ1) is 10.4. The number of rotatable bonds is 4. The number of aryl methyl sites for hydroxylation is 2. The maximum Gasteiger partial charge on any atom is 0.377 e. The lowest BCUT2D eigenvalue weighted by Gasteiger charge is -2.16. The number of carbonyl (C=O) groups excluding carboxylic acids is 2. The number of carbonyl (C=O) groups is 2. The summed E-state index contributed by atoms with van der Waals surface area (Å²) in [5, 5.41) is 0. The fourth-order valence-corrected chi connectivity index (χ4v) is 2.46. The van der Waals surface area contributed by atoms with Crippen LogP contribution in [-0.2, 0) is 19.0 Å². The molecule has 1 aliphatic rings. The molecule has 118 valence electrons. The Labute approximate surface area is 129 Å². The summed E-state index contributed by atoms with van der Waals surface area (Å²) in [6.07, 6.45) is 1.21. The highest BCUT2D eigenvalue weighted by Gasteiger charge is 2.20. The molecule has 1 aliphatic heterocycles. The summed E-state index contributed by atoms with van der Waals surface area (Å²) < 4.78 is 15.1. The Balaban J connectivity index is 2.09. The molecule has 1 aromatic rings. The second-order valence-electron chi connectivity index (χ2n) is 5.34. The van der Waals surface area contributed by atoms with Crippen LogP contribution in [0.4, 0.5) is 0 Å². The van der Waals surface area contributed by atoms with Gasteiger partial charge in [-0.1, -0.05) is 6.07 Å². The van der Waals surface area contributed by atoms with E-state index in [4.69, 9.17) is 14.2 Å². The van der Waals surface area contributed by atoms with Crippen LogP contribution in [0.25, 0.3) is 0 Å². The van der Waals surface area contributed by atoms with Crippen molar-refractivity contribution in [3.63, 3.8) is 0 Å². The summed E-state index contributed by atoms with van der Waals surface area (Å²) in [5.41, 5.74) is 4.65. The van der Waals surface area contributed by atoms with Gasteiger partial charge in [0.1, 0.15) is 19.5 Å². The number of benzene rings is 1. The van der Waals surface area contributed by atoms with Crippen molar-refractivity contribution in [3.05, 3.63) is 45.9 Å². The van der Waals surface area contributed by atoms with Crippen LogP contribution in [0.15, 0.2) is 18.1 Å². The first kappa shape index (κ1) is 16.1. The third-order valence-corrected chi connectivity index (χ3v) is 3.82. The third kappa shape index (κ3) is 3.30. The molecule has 0 aromatic heterocycles. The van der Waals surface area contributed by atoms with Crippen molar-refractivity contribution in [2.24, 2.45) is 0 Å². The summed E-state index contributed by atoms with van der Waals surface area (Å²) >= 11 is 0. The number of ether oxygens (including phenoxy) is 3. The van der Waals surface area contributed by atoms with Crippen molar-refractivity contribution in [1.29, 1.82) is 0 Å². The van der Waals surface area contributed by atoms with Crippen molar-refractivity contribution in [1.82, 2.24) is 0 Å². The summed E-state index contributed by atoms with van der Waals surface area (Å²) in [6.45, 7) is 8.16. The third-order valence-electron chi connectivity index (χ3n) is 3.82. The molecule has 0 aliphatic carbocycles. The molecule has 0 spiro atoms. The molecule has 1 aromatic carbocycles. The van der Waals surface area contributed by atoms with E-state index >= 15 is 0 Å². The van der Waals surface area contributed by atoms with Crippen molar-refractivity contribution in [2.45, 2.75) is 27.7 Å². The normalized spacial score (nSPS) is 13.7. The molecule has 0 bridgehead atoms. The lowest BCUT2D eigenvalue weighted by Crippen LogP contribution is -2.21. The molecule has 2 rings (SSSR count). The minimum atomic E-state index is -0.688. The van der Waals surface area contributed by atoms with Gasteiger partial charge in [-0.15, -0.1) is 0 Å². The van der Waals surface area contributed by atoms with Crippen LogP contribution >= 0.6 is 0 Å². The SMILES string of the molecule is Cc1cc(C)c(C(=O)COC(=O)C2=COCCO2)c(C)c1C. The molecule has 0 N–H and O–H groups in total. The zero-order valence-corrected chi connectivity index (χ0v) is 13.3. The molecular weight excluding hydrogens is 284 g/mol. The van der Waals surface area contributed by atoms with Gasteiger partial charge in [-0.2, -0.15) is 0 Å². The first-order valence-electron chi connectivity index (χ1n) is 7.14. The molecule has 0 radical (unpaired) electrons. The molecule has 0 unspecified atom stereocenters. The smallest absolute Gasteiger partial charge is 0.377 e. The van der Waals surface area contributed by atoms with Crippen LogP contribution in [0.3, 0.4) is 0 Å². The van der Waals surface area contributed by atoms with Gasteiger partial charge in [0.25, 0.3) is 0 Å². The minimum absolute atomic E-state index is 0.00687. The van der Waals surface area contributed by atoms with Crippen molar-refractivity contribution >= 4 is 11.8 Å². The highest BCUT2D eigenvalue weighted by molar-refractivity contribution is 6.01. The zero-order valence-electron chi connectivity index (χ0n) is 13.3. The molecule has 0 saturated heterocycles. The van der Waals surface area contributed by atoms with Crippen molar-refractivity contribution < 1.29 is 23.8 Å². The molecule has 5 nitrogen and oxygen atoms in total. The Kier molecular flexibility index (Phi) is 4.85. The molecular formula is C17H20O5. The number of esters is 1. The molecule has 0 fully saturated rings.